The van der Waals surface area contributed by atoms with Crippen LogP contribution < -0.4 is 9.47 Å². The molecular weight excluding hydrogens is 308 g/mol. The van der Waals surface area contributed by atoms with Gasteiger partial charge in [0.2, 0.25) is 0 Å². The number of hydrogen-bond donors (Lipinski definition) is 0. The van der Waals surface area contributed by atoms with Crippen LogP contribution in [0.25, 0.3) is 0 Å². The Balaban J connectivity index is 2.37. The van der Waals surface area contributed by atoms with E-state index in [2.05, 4.69) is 0 Å². The first-order valence-corrected chi connectivity index (χ1v) is 8.32. The molecule has 0 fully saturated rings. The van der Waals surface area contributed by atoms with E-state index >= 15 is 0 Å². The molecule has 1 aromatic rings. The van der Waals surface area contributed by atoms with Crippen LogP contribution in [0.3, 0.4) is 0 Å². The molecule has 24 heavy (non-hydrogen) atoms. The monoisotopic (exact) mass is 334 g/mol. The van der Waals surface area contributed by atoms with Gasteiger partial charge in [-0.3, -0.25) is 4.79 Å². The topological polar surface area (TPSA) is 61.8 Å². The van der Waals surface area contributed by atoms with E-state index in [9.17, 15) is 9.59 Å². The van der Waals surface area contributed by atoms with E-state index in [0.717, 1.165) is 34.4 Å². The van der Waals surface area contributed by atoms with Gasteiger partial charge in [-0.15, -0.1) is 0 Å². The molecule has 5 heteroatoms. The van der Waals surface area contributed by atoms with Gasteiger partial charge in [-0.2, -0.15) is 0 Å². The molecule has 1 heterocycles. The summed E-state index contributed by atoms with van der Waals surface area (Å²) in [6, 6.07) is 0. The van der Waals surface area contributed by atoms with E-state index in [1.807, 2.05) is 27.7 Å². The van der Waals surface area contributed by atoms with Crippen LogP contribution in [0.15, 0.2) is 0 Å². The van der Waals surface area contributed by atoms with E-state index in [4.69, 9.17) is 14.2 Å². The quantitative estimate of drug-likeness (QED) is 0.774. The van der Waals surface area contributed by atoms with Crippen molar-refractivity contribution in [2.24, 2.45) is 0 Å². The van der Waals surface area contributed by atoms with Crippen LogP contribution in [0.5, 0.6) is 11.5 Å². The minimum absolute atomic E-state index is 0.0329. The maximum Gasteiger partial charge on any atom is 0.344 e. The molecule has 0 saturated carbocycles. The molecule has 0 aliphatic carbocycles. The molecule has 0 radical (unpaired) electrons. The number of Topliss-reactive ketones (excluding diaryl/α,β-unsaturated/α-hetero) is 1. The van der Waals surface area contributed by atoms with Crippen molar-refractivity contribution in [1.29, 1.82) is 0 Å². The summed E-state index contributed by atoms with van der Waals surface area (Å²) in [4.78, 5) is 23.5. The first-order chi connectivity index (χ1) is 11.2. The Labute approximate surface area is 143 Å². The minimum atomic E-state index is -0.774. The lowest BCUT2D eigenvalue weighted by atomic mass is 9.85. The SMILES string of the molecule is CCOC(=O)COc1c(C)c(C)c2c(c1C)CCC(C)(C(C)=O)O2. The fourth-order valence-electron chi connectivity index (χ4n) is 3.03. The fraction of sp³-hybridized carbons (Fsp3) is 0.579. The highest BCUT2D eigenvalue weighted by atomic mass is 16.6. The standard InChI is InChI=1S/C19H26O5/c1-7-22-16(21)10-23-17-11(2)12(3)18-15(13(17)4)8-9-19(6,24-18)14(5)20/h7-10H2,1-6H3. The summed E-state index contributed by atoms with van der Waals surface area (Å²) in [6.07, 6.45) is 1.38. The highest BCUT2D eigenvalue weighted by Crippen LogP contribution is 2.43. The van der Waals surface area contributed by atoms with Gasteiger partial charge in [-0.25, -0.2) is 4.79 Å². The van der Waals surface area contributed by atoms with Crippen molar-refractivity contribution >= 4 is 11.8 Å². The Hall–Kier alpha value is -2.04. The van der Waals surface area contributed by atoms with Crippen molar-refractivity contribution < 1.29 is 23.8 Å². The molecule has 5 nitrogen and oxygen atoms in total. The lowest BCUT2D eigenvalue weighted by Crippen LogP contribution is -2.43. The Bertz CT molecular complexity index is 677. The number of ketones is 1. The molecule has 0 aromatic heterocycles. The molecule has 1 atom stereocenters. The zero-order valence-corrected chi connectivity index (χ0v) is 15.4. The van der Waals surface area contributed by atoms with E-state index in [1.165, 1.54) is 0 Å². The van der Waals surface area contributed by atoms with Gasteiger partial charge in [-0.05, 0) is 71.1 Å². The van der Waals surface area contributed by atoms with Gasteiger partial charge in [-0.1, -0.05) is 0 Å². The molecule has 0 amide bonds. The second-order valence-electron chi connectivity index (χ2n) is 6.49. The summed E-state index contributed by atoms with van der Waals surface area (Å²) in [6.45, 7) is 11.3. The Morgan fingerprint density at radius 3 is 2.42 bits per heavy atom. The average molecular weight is 334 g/mol. The average Bonchev–Trinajstić information content (AvgIpc) is 2.52. The number of carbonyl (C=O) groups is 2. The zero-order valence-electron chi connectivity index (χ0n) is 15.4. The van der Waals surface area contributed by atoms with Crippen LogP contribution in [0, 0.1) is 20.8 Å². The van der Waals surface area contributed by atoms with Crippen molar-refractivity contribution in [3.63, 3.8) is 0 Å². The van der Waals surface area contributed by atoms with Gasteiger partial charge in [0.25, 0.3) is 0 Å². The molecule has 0 bridgehead atoms. The maximum absolute atomic E-state index is 11.9. The van der Waals surface area contributed by atoms with Crippen LogP contribution >= 0.6 is 0 Å². The Morgan fingerprint density at radius 2 is 1.83 bits per heavy atom. The Kier molecular flexibility index (Phi) is 5.21. The molecule has 0 N–H and O–H groups in total. The largest absolute Gasteiger partial charge is 0.481 e. The molecule has 132 valence electrons. The number of ether oxygens (including phenoxy) is 3. The number of carbonyl (C=O) groups excluding carboxylic acids is 2. The first-order valence-electron chi connectivity index (χ1n) is 8.32. The summed E-state index contributed by atoms with van der Waals surface area (Å²) in [5.74, 6) is 1.13. The Morgan fingerprint density at radius 1 is 1.17 bits per heavy atom. The van der Waals surface area contributed by atoms with Crippen molar-refractivity contribution in [3.05, 3.63) is 22.3 Å². The molecule has 1 aliphatic rings. The highest BCUT2D eigenvalue weighted by Gasteiger charge is 2.38. The van der Waals surface area contributed by atoms with Gasteiger partial charge < -0.3 is 14.2 Å². The third-order valence-corrected chi connectivity index (χ3v) is 4.87. The predicted molar refractivity (Wildman–Crippen MR) is 90.8 cm³/mol. The number of rotatable bonds is 5. The molecule has 1 aromatic carbocycles. The second kappa shape index (κ2) is 6.83. The lowest BCUT2D eigenvalue weighted by molar-refractivity contribution is -0.145. The summed E-state index contributed by atoms with van der Waals surface area (Å²) in [5.41, 5.74) is 3.10. The molecule has 1 aliphatic heterocycles. The van der Waals surface area contributed by atoms with Gasteiger partial charge in [0.05, 0.1) is 6.61 Å². The molecular formula is C19H26O5. The van der Waals surface area contributed by atoms with Crippen LogP contribution in [0.4, 0.5) is 0 Å². The van der Waals surface area contributed by atoms with E-state index in [0.29, 0.717) is 18.8 Å². The normalized spacial score (nSPS) is 19.2. The highest BCUT2D eigenvalue weighted by molar-refractivity contribution is 5.85. The van der Waals surface area contributed by atoms with Crippen LogP contribution in [0.1, 0.15) is 49.4 Å². The summed E-state index contributed by atoms with van der Waals surface area (Å²) < 4.78 is 16.7. The van der Waals surface area contributed by atoms with Crippen molar-refractivity contribution in [3.8, 4) is 11.5 Å². The van der Waals surface area contributed by atoms with Crippen molar-refractivity contribution in [1.82, 2.24) is 0 Å². The van der Waals surface area contributed by atoms with Crippen molar-refractivity contribution in [2.75, 3.05) is 13.2 Å². The third kappa shape index (κ3) is 3.25. The third-order valence-electron chi connectivity index (χ3n) is 4.87. The first kappa shape index (κ1) is 18.3. The minimum Gasteiger partial charge on any atom is -0.481 e. The number of benzene rings is 1. The molecule has 2 rings (SSSR count). The summed E-state index contributed by atoms with van der Waals surface area (Å²) >= 11 is 0. The summed E-state index contributed by atoms with van der Waals surface area (Å²) in [5, 5.41) is 0. The van der Waals surface area contributed by atoms with E-state index in [1.54, 1.807) is 13.8 Å². The van der Waals surface area contributed by atoms with Crippen molar-refractivity contribution in [2.45, 2.75) is 60.0 Å². The van der Waals surface area contributed by atoms with E-state index < -0.39 is 5.60 Å². The van der Waals surface area contributed by atoms with Crippen LogP contribution in [0.2, 0.25) is 0 Å². The van der Waals surface area contributed by atoms with Crippen LogP contribution in [-0.4, -0.2) is 30.6 Å². The smallest absolute Gasteiger partial charge is 0.344 e. The number of esters is 1. The summed E-state index contributed by atoms with van der Waals surface area (Å²) in [7, 11) is 0. The van der Waals surface area contributed by atoms with Crippen LogP contribution in [-0.2, 0) is 20.7 Å². The zero-order chi connectivity index (χ0) is 18.1. The molecule has 1 unspecified atom stereocenters. The number of hydrogen-bond acceptors (Lipinski definition) is 5. The molecule has 0 saturated heterocycles. The molecule has 0 spiro atoms. The maximum atomic E-state index is 11.9. The van der Waals surface area contributed by atoms with E-state index in [-0.39, 0.29) is 18.4 Å². The van der Waals surface area contributed by atoms with Gasteiger partial charge >= 0.3 is 5.97 Å². The van der Waals surface area contributed by atoms with Gasteiger partial charge in [0, 0.05) is 5.56 Å². The van der Waals surface area contributed by atoms with Gasteiger partial charge in [0.1, 0.15) is 11.5 Å². The lowest BCUT2D eigenvalue weighted by Gasteiger charge is -2.36. The fourth-order valence-corrected chi connectivity index (χ4v) is 3.03. The van der Waals surface area contributed by atoms with Gasteiger partial charge in [0.15, 0.2) is 18.0 Å². The predicted octanol–water partition coefficient (Wildman–Crippen LogP) is 3.23. The number of fused-ring (bicyclic) bond motifs is 1. The second-order valence-corrected chi connectivity index (χ2v) is 6.49.